The van der Waals surface area contributed by atoms with Crippen molar-refractivity contribution in [3.63, 3.8) is 0 Å². The molecule has 76 valence electrons. The van der Waals surface area contributed by atoms with Gasteiger partial charge in [0.15, 0.2) is 0 Å². The first-order valence-electron chi connectivity index (χ1n) is 4.60. The van der Waals surface area contributed by atoms with Crippen molar-refractivity contribution in [1.82, 2.24) is 0 Å². The quantitative estimate of drug-likeness (QED) is 0.255. The van der Waals surface area contributed by atoms with Crippen LogP contribution in [0.15, 0.2) is 12.2 Å². The predicted molar refractivity (Wildman–Crippen MR) is 57.8 cm³/mol. The molecular weight excluding hydrogens is 182 g/mol. The summed E-state index contributed by atoms with van der Waals surface area (Å²) in [6, 6.07) is 0. The molecule has 0 radical (unpaired) electrons. The van der Waals surface area contributed by atoms with Crippen LogP contribution in [0.5, 0.6) is 0 Å². The van der Waals surface area contributed by atoms with Gasteiger partial charge in [0.1, 0.15) is 0 Å². The first kappa shape index (κ1) is 12.8. The highest BCUT2D eigenvalue weighted by Gasteiger charge is 1.99. The van der Waals surface area contributed by atoms with Gasteiger partial charge in [-0.05, 0) is 6.42 Å². The zero-order valence-corrected chi connectivity index (χ0v) is 8.53. The maximum atomic E-state index is 10.8. The van der Waals surface area contributed by atoms with Crippen LogP contribution in [0.2, 0.25) is 5.72 Å². The number of carboxylic acids is 1. The van der Waals surface area contributed by atoms with Gasteiger partial charge < -0.3 is 9.84 Å². The van der Waals surface area contributed by atoms with Gasteiger partial charge in [0.25, 0.3) is 0 Å². The Morgan fingerprint density at radius 3 is 2.50 bits per heavy atom. The predicted octanol–water partition coefficient (Wildman–Crippen LogP) is -1.04. The lowest BCUT2D eigenvalue weighted by molar-refractivity contribution is -0.138. The van der Waals surface area contributed by atoms with Crippen LogP contribution < -0.4 is 0 Å². The molecule has 0 fully saturated rings. The van der Waals surface area contributed by atoms with Crippen LogP contribution in [0.3, 0.4) is 0 Å². The van der Waals surface area contributed by atoms with E-state index in [9.17, 15) is 9.59 Å². The molecule has 0 saturated heterocycles. The monoisotopic (exact) mass is 196 g/mol. The number of aliphatic carboxylic acids is 1. The van der Waals surface area contributed by atoms with Gasteiger partial charge in [-0.25, -0.2) is 9.59 Å². The van der Waals surface area contributed by atoms with Crippen LogP contribution in [0.1, 0.15) is 12.8 Å². The lowest BCUT2D eigenvalue weighted by Crippen LogP contribution is -2.04. The molecule has 0 spiro atoms. The number of carboxylic acid groups (broad SMARTS) is 1. The van der Waals surface area contributed by atoms with Gasteiger partial charge >= 0.3 is 11.9 Å². The van der Waals surface area contributed by atoms with Crippen molar-refractivity contribution >= 4 is 27.6 Å². The van der Waals surface area contributed by atoms with E-state index in [1.165, 1.54) is 0 Å². The van der Waals surface area contributed by atoms with Crippen LogP contribution >= 0.6 is 0 Å². The van der Waals surface area contributed by atoms with Crippen molar-refractivity contribution in [2.24, 2.45) is 0 Å². The van der Waals surface area contributed by atoms with Crippen molar-refractivity contribution in [3.8, 4) is 0 Å². The Balaban J connectivity index is 3.50. The minimum atomic E-state index is -1.15. The molecule has 6 heteroatoms. The number of hydrogen-bond acceptors (Lipinski definition) is 3. The van der Waals surface area contributed by atoms with E-state index < -0.39 is 11.9 Å². The van der Waals surface area contributed by atoms with E-state index in [2.05, 4.69) is 15.7 Å². The number of ether oxygens (including phenoxy) is 1. The second kappa shape index (κ2) is 7.24. The third-order valence-corrected chi connectivity index (χ3v) is 1.53. The van der Waals surface area contributed by atoms with Gasteiger partial charge in [-0.3, -0.25) is 0 Å². The summed E-state index contributed by atoms with van der Waals surface area (Å²) in [5.74, 6) is -1.75. The fourth-order valence-corrected chi connectivity index (χ4v) is 0.852. The maximum absolute atomic E-state index is 10.8. The van der Waals surface area contributed by atoms with E-state index in [-0.39, 0.29) is 0 Å². The molecule has 0 aliphatic rings. The minimum Gasteiger partial charge on any atom is -0.478 e. The summed E-state index contributed by atoms with van der Waals surface area (Å²) < 4.78 is 4.75. The highest BCUT2D eigenvalue weighted by molar-refractivity contribution is 6.35. The summed E-state index contributed by atoms with van der Waals surface area (Å²) in [6.45, 7) is 0.348. The Kier molecular flexibility index (Phi) is 6.62. The van der Waals surface area contributed by atoms with Crippen LogP contribution in [0.25, 0.3) is 0 Å². The lowest BCUT2D eigenvalue weighted by atomic mass is 9.68. The summed E-state index contributed by atoms with van der Waals surface area (Å²) in [5.41, 5.74) is 0.586. The van der Waals surface area contributed by atoms with Crippen LogP contribution in [-0.2, 0) is 14.3 Å². The largest absolute Gasteiger partial charge is 0.478 e. The van der Waals surface area contributed by atoms with E-state index in [4.69, 9.17) is 9.84 Å². The molecular formula is C8H14B2O4. The Morgan fingerprint density at radius 1 is 1.36 bits per heavy atom. The molecule has 0 saturated carbocycles. The topological polar surface area (TPSA) is 63.6 Å². The molecule has 0 aliphatic carbocycles. The first-order chi connectivity index (χ1) is 6.52. The average molecular weight is 196 g/mol. The van der Waals surface area contributed by atoms with Crippen molar-refractivity contribution < 1.29 is 19.4 Å². The van der Waals surface area contributed by atoms with Gasteiger partial charge in [0.2, 0.25) is 0 Å². The molecule has 0 atom stereocenters. The fourth-order valence-electron chi connectivity index (χ4n) is 0.852. The van der Waals surface area contributed by atoms with E-state index in [0.717, 1.165) is 25.0 Å². The fraction of sp³-hybridized carbons (Fsp3) is 0.500. The Labute approximate surface area is 85.1 Å². The van der Waals surface area contributed by atoms with E-state index in [1.54, 1.807) is 0 Å². The molecule has 0 amide bonds. The van der Waals surface area contributed by atoms with Crippen LogP contribution in [-0.4, -0.2) is 39.3 Å². The molecule has 0 bridgehead atoms. The zero-order chi connectivity index (χ0) is 11.0. The summed E-state index contributed by atoms with van der Waals surface area (Å²) >= 11 is 0. The number of esters is 1. The zero-order valence-electron chi connectivity index (χ0n) is 8.53. The molecule has 0 rings (SSSR count). The summed E-state index contributed by atoms with van der Waals surface area (Å²) in [7, 11) is 4.18. The molecule has 0 unspecified atom stereocenters. The normalized spacial score (nSPS) is 10.6. The number of carbonyl (C=O) groups is 2. The maximum Gasteiger partial charge on any atom is 0.331 e. The standard InChI is InChI=1S/C8H14B2O4/c9-6(10)2-1-5-14-8(13)4-3-7(11)12/h3-4,6H,1-2,5,9-10H2,(H,11,12)/b4-3+. The molecule has 0 aromatic rings. The molecule has 1 N–H and O–H groups in total. The van der Waals surface area contributed by atoms with Crippen molar-refractivity contribution in [2.45, 2.75) is 18.6 Å². The highest BCUT2D eigenvalue weighted by atomic mass is 16.5. The molecule has 0 heterocycles. The first-order valence-corrected chi connectivity index (χ1v) is 4.60. The lowest BCUT2D eigenvalue weighted by Gasteiger charge is -2.03. The van der Waals surface area contributed by atoms with Crippen molar-refractivity contribution in [1.29, 1.82) is 0 Å². The average Bonchev–Trinajstić information content (AvgIpc) is 2.08. The van der Waals surface area contributed by atoms with Gasteiger partial charge in [-0.1, -0.05) is 12.1 Å². The van der Waals surface area contributed by atoms with Crippen molar-refractivity contribution in [3.05, 3.63) is 12.2 Å². The van der Waals surface area contributed by atoms with Crippen molar-refractivity contribution in [2.75, 3.05) is 6.61 Å². The number of rotatable bonds is 6. The summed E-state index contributed by atoms with van der Waals surface area (Å²) in [4.78, 5) is 20.8. The third kappa shape index (κ3) is 8.90. The molecule has 4 nitrogen and oxygen atoms in total. The third-order valence-electron chi connectivity index (χ3n) is 1.53. The Bertz CT molecular complexity index is 225. The van der Waals surface area contributed by atoms with E-state index in [0.29, 0.717) is 12.3 Å². The summed E-state index contributed by atoms with van der Waals surface area (Å²) in [6.07, 6.45) is 3.49. The van der Waals surface area contributed by atoms with Gasteiger partial charge in [-0.2, -0.15) is 0 Å². The van der Waals surface area contributed by atoms with E-state index >= 15 is 0 Å². The second-order valence-corrected chi connectivity index (χ2v) is 3.38. The Morgan fingerprint density at radius 2 is 2.00 bits per heavy atom. The molecule has 0 aliphatic heterocycles. The molecule has 14 heavy (non-hydrogen) atoms. The molecule has 0 aromatic carbocycles. The number of hydrogen-bond donors (Lipinski definition) is 1. The summed E-state index contributed by atoms with van der Waals surface area (Å²) in [5, 5.41) is 8.21. The minimum absolute atomic E-state index is 0.348. The number of carbonyl (C=O) groups excluding carboxylic acids is 1. The molecule has 0 aromatic heterocycles. The van der Waals surface area contributed by atoms with Gasteiger partial charge in [0, 0.05) is 12.2 Å². The second-order valence-electron chi connectivity index (χ2n) is 3.38. The smallest absolute Gasteiger partial charge is 0.331 e. The van der Waals surface area contributed by atoms with Crippen LogP contribution in [0.4, 0.5) is 0 Å². The van der Waals surface area contributed by atoms with Crippen LogP contribution in [0, 0.1) is 0 Å². The van der Waals surface area contributed by atoms with Gasteiger partial charge in [-0.15, -0.1) is 0 Å². The SMILES string of the molecule is BC(B)CCCOC(=O)/C=C/C(=O)O. The van der Waals surface area contributed by atoms with E-state index in [1.807, 2.05) is 0 Å². The van der Waals surface area contributed by atoms with Gasteiger partial charge in [0.05, 0.1) is 22.3 Å². The highest BCUT2D eigenvalue weighted by Crippen LogP contribution is 2.02. The Hall–Kier alpha value is -1.19.